The van der Waals surface area contributed by atoms with E-state index in [2.05, 4.69) is 17.1 Å². The van der Waals surface area contributed by atoms with Crippen molar-refractivity contribution in [2.75, 3.05) is 26.7 Å². The molecule has 2 aliphatic heterocycles. The number of para-hydroxylation sites is 1. The number of nitrogens with one attached hydrogen (secondary N) is 1. The topological polar surface area (TPSA) is 65.6 Å². The van der Waals surface area contributed by atoms with Gasteiger partial charge in [0.1, 0.15) is 12.3 Å². The van der Waals surface area contributed by atoms with Crippen LogP contribution in [0.3, 0.4) is 0 Å². The lowest BCUT2D eigenvalue weighted by Gasteiger charge is -2.31. The first-order chi connectivity index (χ1) is 17.7. The Kier molecular flexibility index (Phi) is 5.72. The van der Waals surface area contributed by atoms with Crippen LogP contribution in [0, 0.1) is 0 Å². The maximum absolute atomic E-state index is 13.7. The van der Waals surface area contributed by atoms with Gasteiger partial charge in [-0.05, 0) is 49.1 Å². The Balaban J connectivity index is 1.52. The molecule has 4 aromatic rings. The molecule has 6 rings (SSSR count). The predicted octanol–water partition coefficient (Wildman–Crippen LogP) is 5.40. The molecular formula is C30H29N3O3. The number of likely N-dealkylation sites (tertiary alicyclic amines) is 1. The molecular weight excluding hydrogens is 450 g/mol. The van der Waals surface area contributed by atoms with E-state index in [1.54, 1.807) is 12.0 Å². The highest BCUT2D eigenvalue weighted by atomic mass is 16.5. The lowest BCUT2D eigenvalue weighted by atomic mass is 9.93. The number of H-pyrrole nitrogens is 1. The number of carbonyl (C=O) groups is 2. The van der Waals surface area contributed by atoms with E-state index < -0.39 is 0 Å². The summed E-state index contributed by atoms with van der Waals surface area (Å²) in [6.45, 7) is 1.59. The molecule has 0 aliphatic carbocycles. The number of nitrogens with zero attached hydrogens (tertiary/aromatic N) is 2. The second-order valence-electron chi connectivity index (χ2n) is 9.56. The van der Waals surface area contributed by atoms with Crippen LogP contribution in [-0.4, -0.2) is 53.3 Å². The minimum Gasteiger partial charge on any atom is -0.497 e. The van der Waals surface area contributed by atoms with Gasteiger partial charge >= 0.3 is 0 Å². The van der Waals surface area contributed by atoms with Gasteiger partial charge < -0.3 is 19.5 Å². The lowest BCUT2D eigenvalue weighted by Crippen LogP contribution is -2.44. The van der Waals surface area contributed by atoms with E-state index in [0.717, 1.165) is 71.4 Å². The van der Waals surface area contributed by atoms with Crippen LogP contribution in [0.1, 0.15) is 46.8 Å². The maximum atomic E-state index is 13.7. The van der Waals surface area contributed by atoms with Gasteiger partial charge in [-0.1, -0.05) is 48.5 Å². The third-order valence-electron chi connectivity index (χ3n) is 7.45. The first-order valence-corrected chi connectivity index (χ1v) is 12.6. The monoisotopic (exact) mass is 479 g/mol. The van der Waals surface area contributed by atoms with Crippen molar-refractivity contribution in [3.05, 3.63) is 89.5 Å². The SMILES string of the molecule is COc1cccc(-c2[nH]c3ccccc3c2[C@H]2c3ccccc3C(=O)N2CC(=O)N2CCCCC2)c1. The van der Waals surface area contributed by atoms with E-state index >= 15 is 0 Å². The number of aromatic amines is 1. The number of aromatic nitrogens is 1. The fraction of sp³-hybridized carbons (Fsp3) is 0.267. The quantitative estimate of drug-likeness (QED) is 0.417. The van der Waals surface area contributed by atoms with E-state index in [-0.39, 0.29) is 24.4 Å². The lowest BCUT2D eigenvalue weighted by molar-refractivity contribution is -0.133. The molecule has 0 bridgehead atoms. The van der Waals surface area contributed by atoms with Crippen molar-refractivity contribution in [3.8, 4) is 17.0 Å². The number of ether oxygens (including phenoxy) is 1. The van der Waals surface area contributed by atoms with E-state index in [1.165, 1.54) is 0 Å². The number of amides is 2. The second-order valence-corrected chi connectivity index (χ2v) is 9.56. The molecule has 3 aromatic carbocycles. The summed E-state index contributed by atoms with van der Waals surface area (Å²) in [5, 5.41) is 1.04. The van der Waals surface area contributed by atoms with E-state index in [1.807, 2.05) is 65.6 Å². The zero-order valence-corrected chi connectivity index (χ0v) is 20.4. The van der Waals surface area contributed by atoms with Crippen LogP contribution >= 0.6 is 0 Å². The molecule has 1 fully saturated rings. The highest BCUT2D eigenvalue weighted by Crippen LogP contribution is 2.45. The molecule has 36 heavy (non-hydrogen) atoms. The molecule has 6 heteroatoms. The van der Waals surface area contributed by atoms with Gasteiger partial charge in [0.2, 0.25) is 5.91 Å². The Morgan fingerprint density at radius 1 is 0.972 bits per heavy atom. The number of piperidine rings is 1. The second kappa shape index (κ2) is 9.19. The normalized spacial score (nSPS) is 17.5. The van der Waals surface area contributed by atoms with Crippen molar-refractivity contribution in [1.29, 1.82) is 0 Å². The minimum absolute atomic E-state index is 0.0172. The molecule has 3 heterocycles. The molecule has 1 saturated heterocycles. The van der Waals surface area contributed by atoms with Gasteiger partial charge in [0.25, 0.3) is 5.91 Å². The Morgan fingerprint density at radius 2 is 1.75 bits per heavy atom. The molecule has 2 aliphatic rings. The Hall–Kier alpha value is -4.06. The maximum Gasteiger partial charge on any atom is 0.255 e. The number of benzene rings is 3. The standard InChI is InChI=1S/C30H29N3O3/c1-36-21-11-9-10-20(18-21)28-27(24-14-5-6-15-25(24)31-28)29-22-12-3-4-13-23(22)30(35)33(29)19-26(34)32-16-7-2-8-17-32/h3-6,9-15,18,29,31H,2,7-8,16-17,19H2,1H3/t29-/m1/s1. The molecule has 0 saturated carbocycles. The minimum atomic E-state index is -0.375. The third kappa shape index (κ3) is 3.73. The zero-order valence-electron chi connectivity index (χ0n) is 20.4. The van der Waals surface area contributed by atoms with E-state index in [0.29, 0.717) is 5.56 Å². The number of rotatable bonds is 5. The van der Waals surface area contributed by atoms with E-state index in [9.17, 15) is 9.59 Å². The molecule has 1 N–H and O–H groups in total. The van der Waals surface area contributed by atoms with Crippen molar-refractivity contribution in [1.82, 2.24) is 14.8 Å². The first-order valence-electron chi connectivity index (χ1n) is 12.6. The molecule has 6 nitrogen and oxygen atoms in total. The largest absolute Gasteiger partial charge is 0.497 e. The fourth-order valence-corrected chi connectivity index (χ4v) is 5.69. The molecule has 1 atom stereocenters. The molecule has 1 aromatic heterocycles. The van der Waals surface area contributed by atoms with Crippen molar-refractivity contribution >= 4 is 22.7 Å². The van der Waals surface area contributed by atoms with Gasteiger partial charge in [-0.15, -0.1) is 0 Å². The van der Waals surface area contributed by atoms with Gasteiger partial charge in [-0.2, -0.15) is 0 Å². The number of methoxy groups -OCH3 is 1. The van der Waals surface area contributed by atoms with Gasteiger partial charge in [0.05, 0.1) is 18.8 Å². The highest BCUT2D eigenvalue weighted by Gasteiger charge is 2.41. The summed E-state index contributed by atoms with van der Waals surface area (Å²) in [5.74, 6) is 0.684. The summed E-state index contributed by atoms with van der Waals surface area (Å²) in [5.41, 5.74) is 5.49. The molecule has 0 unspecified atom stereocenters. The van der Waals surface area contributed by atoms with Gasteiger partial charge in [0.15, 0.2) is 0 Å². The number of fused-ring (bicyclic) bond motifs is 2. The Labute approximate surface area is 210 Å². The van der Waals surface area contributed by atoms with Crippen LogP contribution in [0.4, 0.5) is 0 Å². The molecule has 0 spiro atoms. The van der Waals surface area contributed by atoms with Crippen LogP contribution in [-0.2, 0) is 4.79 Å². The Bertz CT molecular complexity index is 1450. The highest BCUT2D eigenvalue weighted by molar-refractivity contribution is 6.03. The summed E-state index contributed by atoms with van der Waals surface area (Å²) >= 11 is 0. The third-order valence-corrected chi connectivity index (χ3v) is 7.45. The van der Waals surface area contributed by atoms with Crippen LogP contribution in [0.25, 0.3) is 22.2 Å². The number of carbonyl (C=O) groups excluding carboxylic acids is 2. The Morgan fingerprint density at radius 3 is 2.58 bits per heavy atom. The van der Waals surface area contributed by atoms with Crippen molar-refractivity contribution < 1.29 is 14.3 Å². The average Bonchev–Trinajstić information content (AvgIpc) is 3.44. The summed E-state index contributed by atoms with van der Waals surface area (Å²) < 4.78 is 5.50. The smallest absolute Gasteiger partial charge is 0.255 e. The van der Waals surface area contributed by atoms with Crippen molar-refractivity contribution in [2.24, 2.45) is 0 Å². The fourth-order valence-electron chi connectivity index (χ4n) is 5.69. The number of hydrogen-bond donors (Lipinski definition) is 1. The van der Waals surface area contributed by atoms with Crippen molar-refractivity contribution in [3.63, 3.8) is 0 Å². The molecule has 182 valence electrons. The first kappa shape index (κ1) is 22.4. The van der Waals surface area contributed by atoms with Gasteiger partial charge in [-0.3, -0.25) is 9.59 Å². The van der Waals surface area contributed by atoms with Gasteiger partial charge in [-0.25, -0.2) is 0 Å². The predicted molar refractivity (Wildman–Crippen MR) is 140 cm³/mol. The van der Waals surface area contributed by atoms with Crippen molar-refractivity contribution in [2.45, 2.75) is 25.3 Å². The van der Waals surface area contributed by atoms with E-state index in [4.69, 9.17) is 4.74 Å². The van der Waals surface area contributed by atoms with Crippen LogP contribution in [0.2, 0.25) is 0 Å². The zero-order chi connectivity index (χ0) is 24.6. The van der Waals surface area contributed by atoms with Crippen LogP contribution in [0.15, 0.2) is 72.8 Å². The summed E-state index contributed by atoms with van der Waals surface area (Å²) in [6, 6.07) is 23.5. The van der Waals surface area contributed by atoms with Crippen LogP contribution in [0.5, 0.6) is 5.75 Å². The summed E-state index contributed by atoms with van der Waals surface area (Å²) in [6.07, 6.45) is 3.19. The van der Waals surface area contributed by atoms with Crippen LogP contribution < -0.4 is 4.74 Å². The molecule has 2 amide bonds. The van der Waals surface area contributed by atoms with Gasteiger partial charge in [0, 0.05) is 40.7 Å². The molecule has 0 radical (unpaired) electrons. The summed E-state index contributed by atoms with van der Waals surface area (Å²) in [7, 11) is 1.66. The number of hydrogen-bond acceptors (Lipinski definition) is 3. The average molecular weight is 480 g/mol. The summed E-state index contributed by atoms with van der Waals surface area (Å²) in [4.78, 5) is 34.4.